The summed E-state index contributed by atoms with van der Waals surface area (Å²) in [6.45, 7) is 1.33. The van der Waals surface area contributed by atoms with E-state index in [0.717, 1.165) is 17.7 Å². The van der Waals surface area contributed by atoms with Crippen molar-refractivity contribution in [2.75, 3.05) is 11.9 Å². The smallest absolute Gasteiger partial charge is 0.255 e. The Kier molecular flexibility index (Phi) is 7.45. The lowest BCUT2D eigenvalue weighted by atomic mass is 10.1. The molecule has 33 heavy (non-hydrogen) atoms. The number of hydrogen-bond acceptors (Lipinski definition) is 3. The molecule has 0 spiro atoms. The number of halogens is 3. The maximum atomic E-state index is 13.6. The van der Waals surface area contributed by atoms with Crippen molar-refractivity contribution < 1.29 is 27.6 Å². The quantitative estimate of drug-likeness (QED) is 0.504. The van der Waals surface area contributed by atoms with Gasteiger partial charge in [-0.25, -0.2) is 13.2 Å². The average Bonchev–Trinajstić information content (AvgIpc) is 2.78. The van der Waals surface area contributed by atoms with Crippen LogP contribution in [0.15, 0.2) is 66.7 Å². The maximum absolute atomic E-state index is 13.6. The van der Waals surface area contributed by atoms with Crippen LogP contribution in [-0.4, -0.2) is 24.3 Å². The molecule has 0 radical (unpaired) electrons. The van der Waals surface area contributed by atoms with Gasteiger partial charge < -0.3 is 16.0 Å². The van der Waals surface area contributed by atoms with Gasteiger partial charge in [-0.15, -0.1) is 0 Å². The summed E-state index contributed by atoms with van der Waals surface area (Å²) in [5.74, 6) is -4.00. The van der Waals surface area contributed by atoms with Gasteiger partial charge in [0, 0.05) is 17.3 Å². The molecular formula is C24H20F3N3O3. The van der Waals surface area contributed by atoms with Crippen LogP contribution in [0, 0.1) is 17.5 Å². The van der Waals surface area contributed by atoms with Gasteiger partial charge in [0.15, 0.2) is 0 Å². The van der Waals surface area contributed by atoms with E-state index >= 15 is 0 Å². The van der Waals surface area contributed by atoms with Crippen molar-refractivity contribution in [3.63, 3.8) is 0 Å². The molecular weight excluding hydrogens is 435 g/mol. The third-order valence-electron chi connectivity index (χ3n) is 4.74. The molecule has 1 atom stereocenters. The number of carbonyl (C=O) groups is 3. The lowest BCUT2D eigenvalue weighted by Crippen LogP contribution is -2.38. The Hall–Kier alpha value is -4.14. The van der Waals surface area contributed by atoms with E-state index < -0.39 is 47.8 Å². The SMILES string of the molecule is CC(NC(=O)CNC(=O)c1ccc(F)cc1F)c1ccc(NC(=O)c2ccc(F)cc2)cc1. The highest BCUT2D eigenvalue weighted by Crippen LogP contribution is 2.17. The van der Waals surface area contributed by atoms with Crippen LogP contribution in [0.25, 0.3) is 0 Å². The van der Waals surface area contributed by atoms with Crippen molar-refractivity contribution in [2.24, 2.45) is 0 Å². The molecule has 0 aliphatic rings. The lowest BCUT2D eigenvalue weighted by Gasteiger charge is -2.15. The summed E-state index contributed by atoms with van der Waals surface area (Å²) in [4.78, 5) is 36.3. The van der Waals surface area contributed by atoms with E-state index in [0.29, 0.717) is 17.3 Å². The van der Waals surface area contributed by atoms with Gasteiger partial charge in [0.1, 0.15) is 17.5 Å². The molecule has 0 heterocycles. The third-order valence-corrected chi connectivity index (χ3v) is 4.74. The van der Waals surface area contributed by atoms with E-state index in [1.165, 1.54) is 24.3 Å². The summed E-state index contributed by atoms with van der Waals surface area (Å²) in [5, 5.41) is 7.66. The van der Waals surface area contributed by atoms with E-state index in [2.05, 4.69) is 16.0 Å². The molecule has 3 rings (SSSR count). The van der Waals surface area contributed by atoms with Crippen LogP contribution in [0.5, 0.6) is 0 Å². The van der Waals surface area contributed by atoms with E-state index in [1.54, 1.807) is 31.2 Å². The maximum Gasteiger partial charge on any atom is 0.255 e. The fourth-order valence-electron chi connectivity index (χ4n) is 2.96. The highest BCUT2D eigenvalue weighted by molar-refractivity contribution is 6.04. The van der Waals surface area contributed by atoms with Crippen LogP contribution in [-0.2, 0) is 4.79 Å². The van der Waals surface area contributed by atoms with Gasteiger partial charge in [0.2, 0.25) is 5.91 Å². The van der Waals surface area contributed by atoms with E-state index in [1.807, 2.05) is 0 Å². The number of amides is 3. The second-order valence-electron chi connectivity index (χ2n) is 7.18. The zero-order chi connectivity index (χ0) is 24.0. The summed E-state index contributed by atoms with van der Waals surface area (Å²) in [5.41, 5.74) is 1.19. The first-order valence-electron chi connectivity index (χ1n) is 9.92. The van der Waals surface area contributed by atoms with Crippen molar-refractivity contribution >= 4 is 23.4 Å². The molecule has 3 aromatic carbocycles. The first kappa shape index (κ1) is 23.5. The summed E-state index contributed by atoms with van der Waals surface area (Å²) in [6, 6.07) is 14.0. The topological polar surface area (TPSA) is 87.3 Å². The van der Waals surface area contributed by atoms with Crippen LogP contribution in [0.2, 0.25) is 0 Å². The fraction of sp³-hybridized carbons (Fsp3) is 0.125. The first-order chi connectivity index (χ1) is 15.7. The Bertz CT molecular complexity index is 1170. The molecule has 9 heteroatoms. The number of rotatable bonds is 7. The highest BCUT2D eigenvalue weighted by Gasteiger charge is 2.15. The van der Waals surface area contributed by atoms with Gasteiger partial charge in [-0.3, -0.25) is 14.4 Å². The second kappa shape index (κ2) is 10.4. The molecule has 0 aliphatic carbocycles. The summed E-state index contributed by atoms with van der Waals surface area (Å²) in [7, 11) is 0. The predicted molar refractivity (Wildman–Crippen MR) is 116 cm³/mol. The molecule has 0 saturated heterocycles. The molecule has 0 fully saturated rings. The Morgan fingerprint density at radius 3 is 2.09 bits per heavy atom. The van der Waals surface area contributed by atoms with Gasteiger partial charge in [-0.2, -0.15) is 0 Å². The van der Waals surface area contributed by atoms with E-state index in [9.17, 15) is 27.6 Å². The van der Waals surface area contributed by atoms with Crippen LogP contribution in [0.4, 0.5) is 18.9 Å². The predicted octanol–water partition coefficient (Wildman–Crippen LogP) is 3.96. The van der Waals surface area contributed by atoms with Gasteiger partial charge in [-0.1, -0.05) is 12.1 Å². The Morgan fingerprint density at radius 1 is 0.818 bits per heavy atom. The number of hydrogen-bond donors (Lipinski definition) is 3. The summed E-state index contributed by atoms with van der Waals surface area (Å²) >= 11 is 0. The normalized spacial score (nSPS) is 11.4. The van der Waals surface area contributed by atoms with Gasteiger partial charge in [-0.05, 0) is 61.0 Å². The van der Waals surface area contributed by atoms with Crippen LogP contribution >= 0.6 is 0 Å². The average molecular weight is 455 g/mol. The molecule has 6 nitrogen and oxygen atoms in total. The Labute approximate surface area is 187 Å². The number of carbonyl (C=O) groups excluding carboxylic acids is 3. The number of anilines is 1. The summed E-state index contributed by atoms with van der Waals surface area (Å²) < 4.78 is 39.5. The van der Waals surface area contributed by atoms with Gasteiger partial charge in [0.05, 0.1) is 18.2 Å². The van der Waals surface area contributed by atoms with Crippen molar-refractivity contribution in [1.29, 1.82) is 0 Å². The van der Waals surface area contributed by atoms with Crippen LogP contribution in [0.3, 0.4) is 0 Å². The fourth-order valence-corrected chi connectivity index (χ4v) is 2.96. The molecule has 3 amide bonds. The van der Waals surface area contributed by atoms with Gasteiger partial charge >= 0.3 is 0 Å². The van der Waals surface area contributed by atoms with Crippen molar-refractivity contribution in [2.45, 2.75) is 13.0 Å². The van der Waals surface area contributed by atoms with Crippen LogP contribution < -0.4 is 16.0 Å². The molecule has 0 aliphatic heterocycles. The van der Waals surface area contributed by atoms with Crippen molar-refractivity contribution in [3.05, 3.63) is 101 Å². The largest absolute Gasteiger partial charge is 0.348 e. The van der Waals surface area contributed by atoms with Crippen molar-refractivity contribution in [3.8, 4) is 0 Å². The van der Waals surface area contributed by atoms with Crippen LogP contribution in [0.1, 0.15) is 39.2 Å². The minimum atomic E-state index is -1.02. The zero-order valence-corrected chi connectivity index (χ0v) is 17.5. The minimum absolute atomic E-state index is 0.309. The molecule has 0 saturated carbocycles. The van der Waals surface area contributed by atoms with E-state index in [4.69, 9.17) is 0 Å². The molecule has 0 bridgehead atoms. The molecule has 0 aromatic heterocycles. The van der Waals surface area contributed by atoms with Crippen molar-refractivity contribution in [1.82, 2.24) is 10.6 Å². The lowest BCUT2D eigenvalue weighted by molar-refractivity contribution is -0.120. The first-order valence-corrected chi connectivity index (χ1v) is 9.92. The highest BCUT2D eigenvalue weighted by atomic mass is 19.1. The molecule has 3 N–H and O–H groups in total. The number of benzene rings is 3. The Morgan fingerprint density at radius 2 is 1.45 bits per heavy atom. The minimum Gasteiger partial charge on any atom is -0.348 e. The standard InChI is InChI=1S/C24H20F3N3O3/c1-14(29-22(31)13-28-24(33)20-11-8-18(26)12-21(20)27)15-4-9-19(10-5-15)30-23(32)16-2-6-17(25)7-3-16/h2-12,14H,13H2,1H3,(H,28,33)(H,29,31)(H,30,32). The van der Waals surface area contributed by atoms with Gasteiger partial charge in [0.25, 0.3) is 11.8 Å². The monoisotopic (exact) mass is 455 g/mol. The molecule has 3 aromatic rings. The third kappa shape index (κ3) is 6.42. The Balaban J connectivity index is 1.50. The van der Waals surface area contributed by atoms with E-state index in [-0.39, 0.29) is 5.56 Å². The molecule has 170 valence electrons. The zero-order valence-electron chi connectivity index (χ0n) is 17.5. The molecule has 1 unspecified atom stereocenters. The summed E-state index contributed by atoms with van der Waals surface area (Å²) in [6.07, 6.45) is 0. The second-order valence-corrected chi connectivity index (χ2v) is 7.18. The number of nitrogens with one attached hydrogen (secondary N) is 3.